The highest BCUT2D eigenvalue weighted by atomic mass is 127. The lowest BCUT2D eigenvalue weighted by Crippen LogP contribution is -2.38. The first-order chi connectivity index (χ1) is 3.72. The van der Waals surface area contributed by atoms with Gasteiger partial charge in [0, 0.05) is 21.5 Å². The summed E-state index contributed by atoms with van der Waals surface area (Å²) in [4.78, 5) is 1.97. The maximum Gasteiger partial charge on any atom is 0.0626 e. The van der Waals surface area contributed by atoms with Crippen molar-refractivity contribution in [2.24, 2.45) is 0 Å². The molecule has 0 spiro atoms. The average molecular weight is 319 g/mol. The van der Waals surface area contributed by atoms with Crippen molar-refractivity contribution in [1.29, 1.82) is 0 Å². The quantitative estimate of drug-likeness (QED) is 0.465. The Kier molecular flexibility index (Phi) is 5.89. The summed E-state index contributed by atoms with van der Waals surface area (Å²) in [5.41, 5.74) is 0. The highest BCUT2D eigenvalue weighted by Gasteiger charge is 2.06. The molecule has 50 valence electrons. The van der Waals surface area contributed by atoms with Crippen LogP contribution < -0.4 is 9.40 Å². The molecule has 0 fully saturated rings. The molecule has 4 nitrogen and oxygen atoms in total. The van der Waals surface area contributed by atoms with Crippen LogP contribution in [0.15, 0.2) is 0 Å². The van der Waals surface area contributed by atoms with E-state index in [9.17, 15) is 4.48 Å². The molecule has 8 heavy (non-hydrogen) atoms. The van der Waals surface area contributed by atoms with Gasteiger partial charge in [-0.1, -0.05) is 7.81 Å². The second kappa shape index (κ2) is 5.09. The van der Waals surface area contributed by atoms with Gasteiger partial charge >= 0.3 is 0 Å². The van der Waals surface area contributed by atoms with Gasteiger partial charge in [-0.05, 0) is 11.8 Å². The third-order valence-corrected chi connectivity index (χ3v) is 1.65. The monoisotopic (exact) mass is 318 g/mol. The Labute approximate surface area is 73.1 Å². The summed E-state index contributed by atoms with van der Waals surface area (Å²) in [6, 6.07) is 0. The van der Waals surface area contributed by atoms with Crippen molar-refractivity contribution in [2.75, 3.05) is 0 Å². The highest BCUT2D eigenvalue weighted by molar-refractivity contribution is 14.1. The number of hydrogen-bond acceptors (Lipinski definition) is 4. The molecule has 0 aromatic rings. The second-order valence-electron chi connectivity index (χ2n) is 0.689. The summed E-state index contributed by atoms with van der Waals surface area (Å²) in [5.74, 6) is 0. The van der Waals surface area contributed by atoms with Crippen molar-refractivity contribution in [2.45, 2.75) is 0 Å². The molecule has 0 bridgehead atoms. The van der Waals surface area contributed by atoms with E-state index in [1.165, 1.54) is 0 Å². The van der Waals surface area contributed by atoms with Crippen molar-refractivity contribution in [1.82, 2.24) is 18.1 Å². The summed E-state index contributed by atoms with van der Waals surface area (Å²) >= 11 is 9.14. The predicted molar refractivity (Wildman–Crippen MR) is 39.9 cm³/mol. The Hall–Kier alpha value is 1.27. The molecule has 0 heterocycles. The smallest absolute Gasteiger partial charge is 0.0626 e. The van der Waals surface area contributed by atoms with Crippen LogP contribution in [0, 0.1) is 0 Å². The minimum Gasteiger partial charge on any atom is -0.145 e. The van der Waals surface area contributed by atoms with Gasteiger partial charge in [0.05, 0.1) is 22.9 Å². The number of halogens is 4. The fourth-order valence-electron chi connectivity index (χ4n) is 0.0664. The fraction of sp³-hybridized carbons (Fsp3) is 0. The zero-order valence-electron chi connectivity index (χ0n) is 3.41. The molecular formula is H2BrClFIN4. The molecule has 8 heteroatoms. The minimum atomic E-state index is 0.0908. The van der Waals surface area contributed by atoms with E-state index in [0.29, 0.717) is 0 Å². The van der Waals surface area contributed by atoms with E-state index in [4.69, 9.17) is 11.8 Å². The van der Waals surface area contributed by atoms with Gasteiger partial charge in [0.1, 0.15) is 0 Å². The molecule has 2 N–H and O–H groups in total. The van der Waals surface area contributed by atoms with E-state index in [1.54, 1.807) is 22.9 Å². The van der Waals surface area contributed by atoms with E-state index in [2.05, 4.69) is 16.1 Å². The van der Waals surface area contributed by atoms with Crippen LogP contribution in [0.4, 0.5) is 4.48 Å². The Morgan fingerprint density at radius 3 is 2.38 bits per heavy atom. The summed E-state index contributed by atoms with van der Waals surface area (Å²) in [7, 11) is 0. The molecule has 0 saturated carbocycles. The molecule has 0 saturated heterocycles. The first-order valence-electron chi connectivity index (χ1n) is 1.36. The topological polar surface area (TPSA) is 30.5 Å². The SMILES string of the molecule is FN(NBr)N(I)NCl. The molecule has 0 aliphatic heterocycles. The predicted octanol–water partition coefficient (Wildman–Crippen LogP) is 1.21. The largest absolute Gasteiger partial charge is 0.145 e. The molecule has 0 aromatic heterocycles. The van der Waals surface area contributed by atoms with Gasteiger partial charge in [0.2, 0.25) is 0 Å². The summed E-state index contributed by atoms with van der Waals surface area (Å²) in [5, 5.41) is 0.0908. The summed E-state index contributed by atoms with van der Waals surface area (Å²) in [6.45, 7) is 0. The summed E-state index contributed by atoms with van der Waals surface area (Å²) < 4.78 is 14.8. The van der Waals surface area contributed by atoms with Crippen LogP contribution in [0.25, 0.3) is 0 Å². The lowest BCUT2D eigenvalue weighted by Gasteiger charge is -2.14. The highest BCUT2D eigenvalue weighted by Crippen LogP contribution is 2.00. The fourth-order valence-corrected chi connectivity index (χ4v) is 0.696. The Bertz CT molecular complexity index is 56.0. The van der Waals surface area contributed by atoms with Crippen LogP contribution in [0.1, 0.15) is 0 Å². The molecule has 0 amide bonds. The number of hydrazine groups is 3. The summed E-state index contributed by atoms with van der Waals surface area (Å²) in [6.07, 6.45) is 0. The zero-order chi connectivity index (χ0) is 6.57. The van der Waals surface area contributed by atoms with Crippen molar-refractivity contribution in [3.8, 4) is 0 Å². The van der Waals surface area contributed by atoms with Gasteiger partial charge in [-0.3, -0.25) is 0 Å². The van der Waals surface area contributed by atoms with Gasteiger partial charge in [-0.15, -0.1) is 9.40 Å². The maximum atomic E-state index is 12.0. The van der Waals surface area contributed by atoms with Crippen molar-refractivity contribution < 1.29 is 4.48 Å². The molecule has 0 aromatic carbocycles. The number of nitrogens with zero attached hydrogens (tertiary/aromatic N) is 2. The molecule has 0 aliphatic rings. The Morgan fingerprint density at radius 1 is 1.75 bits per heavy atom. The van der Waals surface area contributed by atoms with E-state index in [1.807, 2.05) is 9.40 Å². The van der Waals surface area contributed by atoms with E-state index < -0.39 is 0 Å². The number of hydrogen-bond donors (Lipinski definition) is 2. The number of nitrogens with one attached hydrogen (secondary N) is 2. The maximum absolute atomic E-state index is 12.0. The molecular weight excluding hydrogens is 317 g/mol. The molecule has 0 rings (SSSR count). The van der Waals surface area contributed by atoms with Crippen molar-refractivity contribution in [3.05, 3.63) is 0 Å². The Balaban J connectivity index is 3.29. The van der Waals surface area contributed by atoms with Crippen LogP contribution in [-0.4, -0.2) is 8.67 Å². The second-order valence-corrected chi connectivity index (χ2v) is 2.13. The van der Waals surface area contributed by atoms with Crippen LogP contribution in [-0.2, 0) is 0 Å². The van der Waals surface area contributed by atoms with Crippen molar-refractivity contribution in [3.63, 3.8) is 0 Å². The number of rotatable bonds is 3. The first-order valence-corrected chi connectivity index (χ1v) is 3.50. The normalized spacial score (nSPS) is 11.2. The van der Waals surface area contributed by atoms with Crippen LogP contribution in [0.3, 0.4) is 0 Å². The van der Waals surface area contributed by atoms with Crippen LogP contribution in [0.5, 0.6) is 0 Å². The average Bonchev–Trinajstić information content (AvgIpc) is 1.84. The lowest BCUT2D eigenvalue weighted by atomic mass is 12.3. The molecule has 0 aliphatic carbocycles. The van der Waals surface area contributed by atoms with Gasteiger partial charge in [-0.25, -0.2) is 0 Å². The molecule has 0 atom stereocenters. The van der Waals surface area contributed by atoms with Crippen LogP contribution in [0.2, 0.25) is 0 Å². The van der Waals surface area contributed by atoms with Gasteiger partial charge in [-0.2, -0.15) is 0 Å². The van der Waals surface area contributed by atoms with Gasteiger partial charge < -0.3 is 0 Å². The Morgan fingerprint density at radius 2 is 2.25 bits per heavy atom. The van der Waals surface area contributed by atoms with E-state index >= 15 is 0 Å². The van der Waals surface area contributed by atoms with E-state index in [0.717, 1.165) is 3.33 Å². The third kappa shape index (κ3) is 3.33. The third-order valence-electron chi connectivity index (χ3n) is 0.294. The first kappa shape index (κ1) is 9.27. The van der Waals surface area contributed by atoms with E-state index in [-0.39, 0.29) is 5.34 Å². The van der Waals surface area contributed by atoms with Gasteiger partial charge in [0.25, 0.3) is 0 Å². The lowest BCUT2D eigenvalue weighted by molar-refractivity contribution is -0.127. The zero-order valence-corrected chi connectivity index (χ0v) is 7.91. The molecule has 0 radical (unpaired) electrons. The molecule has 0 unspecified atom stereocenters. The van der Waals surface area contributed by atoms with Gasteiger partial charge in [0.15, 0.2) is 0 Å². The minimum absolute atomic E-state index is 0.0908. The standard InChI is InChI=1S/BrClFH2IN4/c1-5-7(3)8(4)6-2/h5-6H. The van der Waals surface area contributed by atoms with Crippen LogP contribution >= 0.6 is 50.8 Å². The van der Waals surface area contributed by atoms with Crippen molar-refractivity contribution >= 4 is 50.8 Å².